The molecule has 0 amide bonds. The predicted molar refractivity (Wildman–Crippen MR) is 76.0 cm³/mol. The molecule has 0 radical (unpaired) electrons. The third kappa shape index (κ3) is 3.80. The van der Waals surface area contributed by atoms with Gasteiger partial charge in [0.15, 0.2) is 0 Å². The molecule has 1 aliphatic rings. The maximum absolute atomic E-state index is 12.2. The van der Waals surface area contributed by atoms with Crippen molar-refractivity contribution < 1.29 is 18.3 Å². The average Bonchev–Trinajstić information content (AvgIpc) is 2.74. The number of aromatic carboxylic acids is 1. The normalized spacial score (nSPS) is 18.1. The number of nitrogens with one attached hydrogen (secondary N) is 1. The van der Waals surface area contributed by atoms with Gasteiger partial charge in [0, 0.05) is 5.54 Å². The summed E-state index contributed by atoms with van der Waals surface area (Å²) < 4.78 is 27.1. The van der Waals surface area contributed by atoms with E-state index in [4.69, 9.17) is 5.11 Å². The minimum Gasteiger partial charge on any atom is -0.478 e. The summed E-state index contributed by atoms with van der Waals surface area (Å²) in [6.45, 7) is 1.94. The fourth-order valence-electron chi connectivity index (χ4n) is 2.63. The van der Waals surface area contributed by atoms with Gasteiger partial charge in [-0.3, -0.25) is 0 Å². The van der Waals surface area contributed by atoms with Crippen LogP contribution in [-0.2, 0) is 15.8 Å². The summed E-state index contributed by atoms with van der Waals surface area (Å²) in [6, 6.07) is 5.92. The van der Waals surface area contributed by atoms with Crippen LogP contribution in [-0.4, -0.2) is 25.0 Å². The van der Waals surface area contributed by atoms with Crippen molar-refractivity contribution >= 4 is 16.0 Å². The van der Waals surface area contributed by atoms with Crippen molar-refractivity contribution in [3.63, 3.8) is 0 Å². The van der Waals surface area contributed by atoms with Crippen molar-refractivity contribution in [2.75, 3.05) is 0 Å². The molecule has 2 N–H and O–H groups in total. The summed E-state index contributed by atoms with van der Waals surface area (Å²) in [4.78, 5) is 10.7. The first-order chi connectivity index (χ1) is 9.30. The molecular formula is C14H19NO4S. The van der Waals surface area contributed by atoms with E-state index in [9.17, 15) is 13.2 Å². The van der Waals surface area contributed by atoms with Gasteiger partial charge in [-0.15, -0.1) is 0 Å². The van der Waals surface area contributed by atoms with Gasteiger partial charge in [-0.1, -0.05) is 25.0 Å². The smallest absolute Gasteiger partial charge is 0.335 e. The van der Waals surface area contributed by atoms with Gasteiger partial charge in [0.05, 0.1) is 11.3 Å². The SMILES string of the molecule is CC1(NS(=O)(=O)Cc2ccc(C(=O)O)cc2)CCCC1. The molecule has 1 aliphatic carbocycles. The quantitative estimate of drug-likeness (QED) is 0.872. The first-order valence-corrected chi connectivity index (χ1v) is 8.29. The number of sulfonamides is 1. The summed E-state index contributed by atoms with van der Waals surface area (Å²) >= 11 is 0. The van der Waals surface area contributed by atoms with Crippen molar-refractivity contribution in [3.05, 3.63) is 35.4 Å². The zero-order valence-electron chi connectivity index (χ0n) is 11.4. The zero-order valence-corrected chi connectivity index (χ0v) is 12.2. The summed E-state index contributed by atoms with van der Waals surface area (Å²) in [5.41, 5.74) is 0.408. The Labute approximate surface area is 119 Å². The lowest BCUT2D eigenvalue weighted by Crippen LogP contribution is -2.43. The van der Waals surface area contributed by atoms with E-state index in [2.05, 4.69) is 4.72 Å². The highest BCUT2D eigenvalue weighted by atomic mass is 32.2. The largest absolute Gasteiger partial charge is 0.478 e. The fraction of sp³-hybridized carbons (Fsp3) is 0.500. The van der Waals surface area contributed by atoms with Gasteiger partial charge >= 0.3 is 5.97 Å². The molecule has 1 fully saturated rings. The third-order valence-electron chi connectivity index (χ3n) is 3.67. The van der Waals surface area contributed by atoms with E-state index in [1.165, 1.54) is 12.1 Å². The number of carboxylic acid groups (broad SMARTS) is 1. The first-order valence-electron chi connectivity index (χ1n) is 6.64. The molecule has 1 aromatic carbocycles. The number of carboxylic acids is 1. The fourth-order valence-corrected chi connectivity index (χ4v) is 4.29. The summed E-state index contributed by atoms with van der Waals surface area (Å²) in [5.74, 6) is -1.14. The Hall–Kier alpha value is -1.40. The van der Waals surface area contributed by atoms with Crippen molar-refractivity contribution in [2.24, 2.45) is 0 Å². The Bertz CT molecular complexity index is 586. The Kier molecular flexibility index (Phi) is 4.15. The molecule has 110 valence electrons. The number of rotatable bonds is 5. The molecule has 1 saturated carbocycles. The second-order valence-electron chi connectivity index (χ2n) is 5.63. The van der Waals surface area contributed by atoms with Gasteiger partial charge in [0.2, 0.25) is 10.0 Å². The van der Waals surface area contributed by atoms with E-state index in [1.54, 1.807) is 12.1 Å². The Morgan fingerprint density at radius 2 is 1.80 bits per heavy atom. The molecule has 0 saturated heterocycles. The minimum absolute atomic E-state index is 0.123. The molecule has 0 heterocycles. The second-order valence-corrected chi connectivity index (χ2v) is 7.35. The molecule has 2 rings (SSSR count). The standard InChI is InChI=1S/C14H19NO4S/c1-14(8-2-3-9-14)15-20(18,19)10-11-4-6-12(7-5-11)13(16)17/h4-7,15H,2-3,8-10H2,1H3,(H,16,17). The Morgan fingerprint density at radius 3 is 2.30 bits per heavy atom. The van der Waals surface area contributed by atoms with Crippen LogP contribution in [0.3, 0.4) is 0 Å². The zero-order chi connectivity index (χ0) is 14.8. The number of hydrogen-bond acceptors (Lipinski definition) is 3. The molecule has 5 nitrogen and oxygen atoms in total. The summed E-state index contributed by atoms with van der Waals surface area (Å²) in [7, 11) is -3.41. The maximum Gasteiger partial charge on any atom is 0.335 e. The highest BCUT2D eigenvalue weighted by Gasteiger charge is 2.32. The highest BCUT2D eigenvalue weighted by molar-refractivity contribution is 7.88. The summed E-state index contributed by atoms with van der Waals surface area (Å²) in [6.07, 6.45) is 3.83. The predicted octanol–water partition coefficient (Wildman–Crippen LogP) is 2.14. The van der Waals surface area contributed by atoms with Crippen molar-refractivity contribution in [1.82, 2.24) is 4.72 Å². The molecule has 6 heteroatoms. The molecule has 0 aliphatic heterocycles. The highest BCUT2D eigenvalue weighted by Crippen LogP contribution is 2.29. The van der Waals surface area contributed by atoms with Gasteiger partial charge in [-0.25, -0.2) is 17.9 Å². The second kappa shape index (κ2) is 5.54. The van der Waals surface area contributed by atoms with E-state index in [0.29, 0.717) is 5.56 Å². The van der Waals surface area contributed by atoms with Gasteiger partial charge in [-0.05, 0) is 37.5 Å². The van der Waals surface area contributed by atoms with Crippen LogP contribution in [0.4, 0.5) is 0 Å². The first kappa shape index (κ1) is 15.0. The van der Waals surface area contributed by atoms with E-state index in [1.807, 2.05) is 6.92 Å². The van der Waals surface area contributed by atoms with Crippen LogP contribution in [0.2, 0.25) is 0 Å². The molecule has 1 aromatic rings. The van der Waals surface area contributed by atoms with Crippen LogP contribution < -0.4 is 4.72 Å². The maximum atomic E-state index is 12.2. The van der Waals surface area contributed by atoms with Crippen LogP contribution in [0.25, 0.3) is 0 Å². The van der Waals surface area contributed by atoms with Crippen LogP contribution in [0.1, 0.15) is 48.5 Å². The molecule has 0 unspecified atom stereocenters. The molecular weight excluding hydrogens is 278 g/mol. The Balaban J connectivity index is 2.06. The van der Waals surface area contributed by atoms with E-state index in [0.717, 1.165) is 25.7 Å². The van der Waals surface area contributed by atoms with Crippen molar-refractivity contribution in [1.29, 1.82) is 0 Å². The van der Waals surface area contributed by atoms with Crippen LogP contribution >= 0.6 is 0 Å². The molecule has 0 atom stereocenters. The van der Waals surface area contributed by atoms with Gasteiger partial charge < -0.3 is 5.11 Å². The van der Waals surface area contributed by atoms with Gasteiger partial charge in [-0.2, -0.15) is 0 Å². The Morgan fingerprint density at radius 1 is 1.25 bits per heavy atom. The topological polar surface area (TPSA) is 83.5 Å². The van der Waals surface area contributed by atoms with Gasteiger partial charge in [0.1, 0.15) is 0 Å². The average molecular weight is 297 g/mol. The van der Waals surface area contributed by atoms with E-state index >= 15 is 0 Å². The summed E-state index contributed by atoms with van der Waals surface area (Å²) in [5, 5.41) is 8.80. The monoisotopic (exact) mass is 297 g/mol. The van der Waals surface area contributed by atoms with E-state index < -0.39 is 16.0 Å². The van der Waals surface area contributed by atoms with Crippen LogP contribution in [0, 0.1) is 0 Å². The van der Waals surface area contributed by atoms with Crippen molar-refractivity contribution in [3.8, 4) is 0 Å². The molecule has 0 aromatic heterocycles. The molecule has 20 heavy (non-hydrogen) atoms. The lowest BCUT2D eigenvalue weighted by Gasteiger charge is -2.24. The van der Waals surface area contributed by atoms with Crippen LogP contribution in [0.5, 0.6) is 0 Å². The minimum atomic E-state index is -3.41. The molecule has 0 bridgehead atoms. The van der Waals surface area contributed by atoms with Crippen LogP contribution in [0.15, 0.2) is 24.3 Å². The number of benzene rings is 1. The number of hydrogen-bond donors (Lipinski definition) is 2. The van der Waals surface area contributed by atoms with Gasteiger partial charge in [0.25, 0.3) is 0 Å². The lowest BCUT2D eigenvalue weighted by molar-refractivity contribution is 0.0697. The number of carbonyl (C=O) groups is 1. The lowest BCUT2D eigenvalue weighted by atomic mass is 10.0. The van der Waals surface area contributed by atoms with Crippen molar-refractivity contribution in [2.45, 2.75) is 43.9 Å². The van der Waals surface area contributed by atoms with E-state index in [-0.39, 0.29) is 16.9 Å². The third-order valence-corrected chi connectivity index (χ3v) is 5.18. The molecule has 0 spiro atoms.